The third kappa shape index (κ3) is 4.34. The van der Waals surface area contributed by atoms with Crippen LogP contribution in [0, 0.1) is 0 Å². The van der Waals surface area contributed by atoms with Crippen LogP contribution >= 0.6 is 11.3 Å². The Morgan fingerprint density at radius 2 is 1.89 bits per heavy atom. The Morgan fingerprint density at radius 3 is 2.65 bits per heavy atom. The van der Waals surface area contributed by atoms with Gasteiger partial charge in [0.1, 0.15) is 17.5 Å². The number of fused-ring (bicyclic) bond motifs is 2. The number of esters is 1. The number of ether oxygens (including phenoxy) is 3. The highest BCUT2D eigenvalue weighted by Crippen LogP contribution is 2.40. The molecular weight excluding hydrogens is 488 g/mol. The molecule has 1 unspecified atom stereocenters. The van der Waals surface area contributed by atoms with E-state index in [1.165, 1.54) is 11.3 Å². The van der Waals surface area contributed by atoms with Crippen molar-refractivity contribution in [3.8, 4) is 11.5 Å². The van der Waals surface area contributed by atoms with Gasteiger partial charge in [0.15, 0.2) is 4.80 Å². The summed E-state index contributed by atoms with van der Waals surface area (Å²) in [5, 5.41) is 1.85. The molecule has 1 aromatic heterocycles. The van der Waals surface area contributed by atoms with Crippen LogP contribution in [0.1, 0.15) is 31.0 Å². The van der Waals surface area contributed by atoms with Crippen molar-refractivity contribution in [3.63, 3.8) is 0 Å². The molecule has 1 aliphatic heterocycles. The average molecular weight is 515 g/mol. The molecule has 0 spiro atoms. The van der Waals surface area contributed by atoms with Gasteiger partial charge in [-0.05, 0) is 54.5 Å². The molecule has 0 saturated heterocycles. The van der Waals surface area contributed by atoms with Gasteiger partial charge in [-0.1, -0.05) is 53.8 Å². The molecule has 4 aromatic rings. The second-order valence-electron chi connectivity index (χ2n) is 8.48. The van der Waals surface area contributed by atoms with Crippen LogP contribution in [0.2, 0.25) is 0 Å². The number of rotatable bonds is 6. The summed E-state index contributed by atoms with van der Waals surface area (Å²) in [5.74, 6) is 0.758. The van der Waals surface area contributed by atoms with Crippen molar-refractivity contribution in [1.82, 2.24) is 4.57 Å². The fraction of sp³-hybridized carbons (Fsp3) is 0.207. The molecule has 1 aliphatic rings. The molecule has 0 amide bonds. The Morgan fingerprint density at radius 1 is 1.08 bits per heavy atom. The van der Waals surface area contributed by atoms with Crippen LogP contribution in [0.4, 0.5) is 0 Å². The van der Waals surface area contributed by atoms with Crippen LogP contribution in [0.25, 0.3) is 16.8 Å². The van der Waals surface area contributed by atoms with Gasteiger partial charge in [-0.2, -0.15) is 0 Å². The van der Waals surface area contributed by atoms with E-state index in [4.69, 9.17) is 14.2 Å². The summed E-state index contributed by atoms with van der Waals surface area (Å²) in [4.78, 5) is 32.4. The first-order valence-electron chi connectivity index (χ1n) is 11.9. The van der Waals surface area contributed by atoms with Gasteiger partial charge < -0.3 is 14.2 Å². The second kappa shape index (κ2) is 10.1. The van der Waals surface area contributed by atoms with Crippen LogP contribution in [0.15, 0.2) is 81.7 Å². The quantitative estimate of drug-likeness (QED) is 0.364. The molecule has 5 rings (SSSR count). The normalized spacial score (nSPS) is 15.4. The molecule has 0 N–H and O–H groups in total. The number of thiazole rings is 1. The molecule has 188 valence electrons. The number of carbonyl (C=O) groups is 1. The summed E-state index contributed by atoms with van der Waals surface area (Å²) in [5.41, 5.74) is 2.11. The van der Waals surface area contributed by atoms with E-state index in [0.717, 1.165) is 16.3 Å². The molecule has 37 heavy (non-hydrogen) atoms. The van der Waals surface area contributed by atoms with Gasteiger partial charge in [-0.25, -0.2) is 9.79 Å². The molecule has 8 heteroatoms. The maximum Gasteiger partial charge on any atom is 0.338 e. The van der Waals surface area contributed by atoms with Crippen LogP contribution in [0.3, 0.4) is 0 Å². The molecule has 0 aliphatic carbocycles. The number of methoxy groups -OCH3 is 2. The Hall–Kier alpha value is -4.17. The van der Waals surface area contributed by atoms with Gasteiger partial charge in [0.2, 0.25) is 0 Å². The first-order valence-corrected chi connectivity index (χ1v) is 12.7. The topological polar surface area (TPSA) is 79.1 Å². The van der Waals surface area contributed by atoms with Gasteiger partial charge >= 0.3 is 5.97 Å². The maximum atomic E-state index is 14.0. The van der Waals surface area contributed by atoms with Gasteiger partial charge in [-0.3, -0.25) is 9.36 Å². The minimum atomic E-state index is -0.774. The highest BCUT2D eigenvalue weighted by Gasteiger charge is 2.36. The minimum Gasteiger partial charge on any atom is -0.497 e. The number of nitrogens with zero attached hydrogens (tertiary/aromatic N) is 2. The molecule has 0 radical (unpaired) electrons. The van der Waals surface area contributed by atoms with Crippen molar-refractivity contribution in [1.29, 1.82) is 0 Å². The van der Waals surface area contributed by atoms with Gasteiger partial charge in [-0.15, -0.1) is 0 Å². The lowest BCUT2D eigenvalue weighted by Crippen LogP contribution is -2.40. The average Bonchev–Trinajstić information content (AvgIpc) is 3.21. The number of carbonyl (C=O) groups excluding carboxylic acids is 1. The summed E-state index contributed by atoms with van der Waals surface area (Å²) < 4.78 is 18.6. The highest BCUT2D eigenvalue weighted by molar-refractivity contribution is 7.07. The smallest absolute Gasteiger partial charge is 0.338 e. The first-order chi connectivity index (χ1) is 18.0. The van der Waals surface area contributed by atoms with E-state index in [0.29, 0.717) is 37.7 Å². The number of hydrogen-bond acceptors (Lipinski definition) is 7. The molecule has 3 aromatic carbocycles. The van der Waals surface area contributed by atoms with E-state index in [-0.39, 0.29) is 12.2 Å². The lowest BCUT2D eigenvalue weighted by Gasteiger charge is -2.27. The molecule has 0 bridgehead atoms. The number of allylic oxidation sites excluding steroid dienone is 1. The van der Waals surface area contributed by atoms with E-state index in [1.807, 2.05) is 66.7 Å². The van der Waals surface area contributed by atoms with Gasteiger partial charge in [0.25, 0.3) is 5.56 Å². The zero-order valence-electron chi connectivity index (χ0n) is 21.0. The largest absolute Gasteiger partial charge is 0.497 e. The third-order valence-electron chi connectivity index (χ3n) is 6.33. The lowest BCUT2D eigenvalue weighted by atomic mass is 9.90. The summed E-state index contributed by atoms with van der Waals surface area (Å²) in [7, 11) is 3.19. The molecule has 0 saturated carbocycles. The van der Waals surface area contributed by atoms with Crippen molar-refractivity contribution in [2.75, 3.05) is 20.8 Å². The van der Waals surface area contributed by atoms with E-state index in [1.54, 1.807) is 32.6 Å². The van der Waals surface area contributed by atoms with Crippen LogP contribution in [-0.4, -0.2) is 31.4 Å². The van der Waals surface area contributed by atoms with Crippen molar-refractivity contribution >= 4 is 34.2 Å². The summed E-state index contributed by atoms with van der Waals surface area (Å²) in [6.45, 7) is 3.73. The minimum absolute atomic E-state index is 0.204. The predicted octanol–water partition coefficient (Wildman–Crippen LogP) is 3.97. The molecular formula is C29H26N2O5S. The zero-order chi connectivity index (χ0) is 26.1. The Kier molecular flexibility index (Phi) is 6.67. The van der Waals surface area contributed by atoms with E-state index in [9.17, 15) is 9.59 Å². The monoisotopic (exact) mass is 514 g/mol. The van der Waals surface area contributed by atoms with Crippen LogP contribution < -0.4 is 24.4 Å². The molecule has 7 nitrogen and oxygen atoms in total. The second-order valence-corrected chi connectivity index (χ2v) is 9.49. The van der Waals surface area contributed by atoms with Crippen LogP contribution in [0.5, 0.6) is 11.5 Å². The summed E-state index contributed by atoms with van der Waals surface area (Å²) in [6, 6.07) is 18.4. The van der Waals surface area contributed by atoms with Crippen molar-refractivity contribution in [3.05, 3.63) is 103 Å². The number of hydrogen-bond donors (Lipinski definition) is 0. The van der Waals surface area contributed by atoms with Crippen molar-refractivity contribution in [2.24, 2.45) is 4.99 Å². The standard InChI is InChI=1S/C29H26N2O5S/c1-5-36-28(33)24-17(2)30-29-31(27(32)23(37-29)16-18-9-8-11-20(15-18)34-3)26(24)25-21-12-7-6-10-19(21)13-14-22(25)35-4/h6-16,26H,5H2,1-4H3. The Labute approximate surface area is 217 Å². The summed E-state index contributed by atoms with van der Waals surface area (Å²) in [6.07, 6.45) is 1.81. The van der Waals surface area contributed by atoms with Crippen molar-refractivity contribution in [2.45, 2.75) is 19.9 Å². The van der Waals surface area contributed by atoms with Crippen molar-refractivity contribution < 1.29 is 19.0 Å². The highest BCUT2D eigenvalue weighted by atomic mass is 32.1. The van der Waals surface area contributed by atoms with Gasteiger partial charge in [0, 0.05) is 5.56 Å². The summed E-state index contributed by atoms with van der Waals surface area (Å²) >= 11 is 1.28. The maximum absolute atomic E-state index is 14.0. The molecule has 2 heterocycles. The molecule has 1 atom stereocenters. The van der Waals surface area contributed by atoms with E-state index < -0.39 is 12.0 Å². The third-order valence-corrected chi connectivity index (χ3v) is 7.32. The fourth-order valence-corrected chi connectivity index (χ4v) is 5.73. The Bertz CT molecular complexity index is 1730. The van der Waals surface area contributed by atoms with E-state index >= 15 is 0 Å². The number of aromatic nitrogens is 1. The van der Waals surface area contributed by atoms with Crippen LogP contribution in [-0.2, 0) is 9.53 Å². The zero-order valence-corrected chi connectivity index (χ0v) is 21.8. The number of benzene rings is 3. The van der Waals surface area contributed by atoms with Gasteiger partial charge in [0.05, 0.1) is 36.6 Å². The Balaban J connectivity index is 1.84. The molecule has 0 fully saturated rings. The lowest BCUT2D eigenvalue weighted by molar-refractivity contribution is -0.139. The first kappa shape index (κ1) is 24.5. The van der Waals surface area contributed by atoms with E-state index in [2.05, 4.69) is 4.99 Å². The predicted molar refractivity (Wildman–Crippen MR) is 144 cm³/mol. The SMILES string of the molecule is CCOC(=O)C1=C(C)N=c2sc(=Cc3cccc(OC)c3)c(=O)n2C1c1c(OC)ccc2ccccc12. The fourth-order valence-electron chi connectivity index (χ4n) is 4.68.